The van der Waals surface area contributed by atoms with Gasteiger partial charge in [-0.1, -0.05) is 18.2 Å². The van der Waals surface area contributed by atoms with Crippen LogP contribution in [0.25, 0.3) is 11.0 Å². The standard InChI is InChI=1S/C34H36FN5O7/c1-44-29-8-6-21-7-9-32(41)36-16-22-12-23(35)15-24(13-22)47-28-10-11-40(17-27(28)39-33(42)19-46-30(29)14-21)34(43)20-45-18-31-37-25-4-2-3-5-26(25)38-31/h2-6,8,12-15,27-28H,7,9-11,16-20H2,1H3,(H,36,41)(H,37,38)(H,39,42)/t27-,28-/m1/s1. The van der Waals surface area contributed by atoms with Crippen LogP contribution in [-0.4, -0.2) is 78.1 Å². The third-order valence-electron chi connectivity index (χ3n) is 8.09. The number of aryl methyl sites for hydroxylation is 1. The molecule has 1 saturated heterocycles. The van der Waals surface area contributed by atoms with E-state index in [1.807, 2.05) is 30.3 Å². The van der Waals surface area contributed by atoms with Crippen LogP contribution in [0.15, 0.2) is 60.7 Å². The number of nitrogens with one attached hydrogen (secondary N) is 3. The molecule has 4 bridgehead atoms. The van der Waals surface area contributed by atoms with Gasteiger partial charge >= 0.3 is 0 Å². The molecule has 2 aliphatic rings. The van der Waals surface area contributed by atoms with Crippen molar-refractivity contribution in [2.45, 2.75) is 44.6 Å². The van der Waals surface area contributed by atoms with Gasteiger partial charge in [-0.25, -0.2) is 9.37 Å². The molecule has 2 aliphatic heterocycles. The van der Waals surface area contributed by atoms with E-state index >= 15 is 0 Å². The fraction of sp³-hybridized carbons (Fsp3) is 0.353. The van der Waals surface area contributed by atoms with Crippen molar-refractivity contribution in [2.24, 2.45) is 0 Å². The zero-order valence-electron chi connectivity index (χ0n) is 25.9. The molecule has 3 aromatic carbocycles. The van der Waals surface area contributed by atoms with Crippen molar-refractivity contribution in [3.05, 3.63) is 83.4 Å². The Balaban J connectivity index is 1.17. The van der Waals surface area contributed by atoms with Crippen molar-refractivity contribution in [1.82, 2.24) is 25.5 Å². The summed E-state index contributed by atoms with van der Waals surface area (Å²) in [5.41, 5.74) is 3.05. The fourth-order valence-corrected chi connectivity index (χ4v) is 5.73. The third-order valence-corrected chi connectivity index (χ3v) is 8.09. The van der Waals surface area contributed by atoms with Crippen LogP contribution < -0.4 is 24.8 Å². The van der Waals surface area contributed by atoms with E-state index in [9.17, 15) is 18.8 Å². The Kier molecular flexibility index (Phi) is 9.81. The normalized spacial score (nSPS) is 18.9. The number of rotatable bonds is 5. The number of fused-ring (bicyclic) bond motifs is 6. The van der Waals surface area contributed by atoms with E-state index in [2.05, 4.69) is 20.6 Å². The molecule has 0 saturated carbocycles. The number of aromatic nitrogens is 2. The summed E-state index contributed by atoms with van der Waals surface area (Å²) in [6.45, 7) is 0.210. The summed E-state index contributed by atoms with van der Waals surface area (Å²) >= 11 is 0. The zero-order valence-corrected chi connectivity index (χ0v) is 25.9. The SMILES string of the molecule is COc1ccc2cc1OCC(=O)N[C@@H]1CN(C(=O)COCc3nc4ccccc4[nH]3)CC[C@H]1Oc1cc(F)cc(c1)CNC(=O)CC2. The highest BCUT2D eigenvalue weighted by molar-refractivity contribution is 5.80. The van der Waals surface area contributed by atoms with Crippen LogP contribution in [-0.2, 0) is 38.7 Å². The van der Waals surface area contributed by atoms with Gasteiger partial charge in [0, 0.05) is 38.5 Å². The van der Waals surface area contributed by atoms with Crippen LogP contribution >= 0.6 is 0 Å². The second-order valence-electron chi connectivity index (χ2n) is 11.5. The molecule has 3 N–H and O–H groups in total. The minimum atomic E-state index is -0.641. The Morgan fingerprint density at radius 1 is 1.06 bits per heavy atom. The van der Waals surface area contributed by atoms with Gasteiger partial charge in [-0.2, -0.15) is 0 Å². The highest BCUT2D eigenvalue weighted by atomic mass is 19.1. The number of H-pyrrole nitrogens is 1. The van der Waals surface area contributed by atoms with Crippen LogP contribution in [0.5, 0.6) is 17.2 Å². The monoisotopic (exact) mass is 645 g/mol. The van der Waals surface area contributed by atoms with Crippen LogP contribution in [0.4, 0.5) is 4.39 Å². The van der Waals surface area contributed by atoms with E-state index in [0.29, 0.717) is 42.3 Å². The molecule has 246 valence electrons. The molecule has 0 radical (unpaired) electrons. The van der Waals surface area contributed by atoms with Crippen LogP contribution in [0, 0.1) is 5.82 Å². The molecule has 2 atom stereocenters. The lowest BCUT2D eigenvalue weighted by Crippen LogP contribution is -2.59. The number of amides is 3. The molecule has 0 spiro atoms. The summed E-state index contributed by atoms with van der Waals surface area (Å²) in [6, 6.07) is 16.5. The predicted molar refractivity (Wildman–Crippen MR) is 168 cm³/mol. The number of halogens is 1. The Morgan fingerprint density at radius 3 is 2.79 bits per heavy atom. The highest BCUT2D eigenvalue weighted by Crippen LogP contribution is 2.29. The number of para-hydroxylation sites is 2. The van der Waals surface area contributed by atoms with Crippen LogP contribution in [0.1, 0.15) is 29.8 Å². The number of aromatic amines is 1. The van der Waals surface area contributed by atoms with Crippen molar-refractivity contribution < 1.29 is 37.7 Å². The van der Waals surface area contributed by atoms with Gasteiger partial charge in [-0.05, 0) is 53.9 Å². The topological polar surface area (TPSA) is 144 Å². The maximum absolute atomic E-state index is 14.6. The first kappa shape index (κ1) is 31.8. The number of nitrogens with zero attached hydrogens (tertiary/aromatic N) is 2. The Morgan fingerprint density at radius 2 is 1.94 bits per heavy atom. The quantitative estimate of drug-likeness (QED) is 0.301. The van der Waals surface area contributed by atoms with Crippen LogP contribution in [0.3, 0.4) is 0 Å². The van der Waals surface area contributed by atoms with E-state index in [1.165, 1.54) is 19.2 Å². The lowest BCUT2D eigenvalue weighted by Gasteiger charge is -2.38. The molecule has 4 aromatic rings. The number of ether oxygens (including phenoxy) is 4. The molecule has 1 fully saturated rings. The Hall–Kier alpha value is -5.17. The summed E-state index contributed by atoms with van der Waals surface area (Å²) in [7, 11) is 1.50. The molecular weight excluding hydrogens is 609 g/mol. The average Bonchev–Trinajstić information content (AvgIpc) is 3.48. The number of methoxy groups -OCH3 is 1. The molecule has 1 aromatic heterocycles. The van der Waals surface area contributed by atoms with Crippen molar-refractivity contribution in [3.63, 3.8) is 0 Å². The Labute approximate surface area is 270 Å². The second-order valence-corrected chi connectivity index (χ2v) is 11.5. The molecule has 3 amide bonds. The number of carbonyl (C=O) groups excluding carboxylic acids is 3. The smallest absolute Gasteiger partial charge is 0.258 e. The number of carbonyl (C=O) groups is 3. The number of imidazole rings is 1. The lowest BCUT2D eigenvalue weighted by molar-refractivity contribution is -0.140. The molecule has 6 rings (SSSR count). The third kappa shape index (κ3) is 8.17. The number of likely N-dealkylation sites (tertiary alicyclic amines) is 1. The first-order valence-corrected chi connectivity index (χ1v) is 15.4. The van der Waals surface area contributed by atoms with Crippen molar-refractivity contribution in [3.8, 4) is 17.2 Å². The van der Waals surface area contributed by atoms with Gasteiger partial charge in [0.1, 0.15) is 36.7 Å². The highest BCUT2D eigenvalue weighted by Gasteiger charge is 2.34. The summed E-state index contributed by atoms with van der Waals surface area (Å²) in [5.74, 6) is 0.259. The molecule has 3 heterocycles. The summed E-state index contributed by atoms with van der Waals surface area (Å²) < 4.78 is 37.8. The first-order chi connectivity index (χ1) is 22.8. The average molecular weight is 646 g/mol. The maximum Gasteiger partial charge on any atom is 0.258 e. The molecule has 12 nitrogen and oxygen atoms in total. The first-order valence-electron chi connectivity index (χ1n) is 15.4. The molecule has 0 aliphatic carbocycles. The van der Waals surface area contributed by atoms with E-state index in [-0.39, 0.29) is 56.9 Å². The van der Waals surface area contributed by atoms with E-state index in [0.717, 1.165) is 16.6 Å². The minimum absolute atomic E-state index is 0.116. The number of hydrogen-bond donors (Lipinski definition) is 3. The number of hydrogen-bond acceptors (Lipinski definition) is 8. The minimum Gasteiger partial charge on any atom is -0.493 e. The van der Waals surface area contributed by atoms with Gasteiger partial charge in [0.2, 0.25) is 11.8 Å². The summed E-state index contributed by atoms with van der Waals surface area (Å²) in [6.07, 6.45) is 0.403. The molecule has 0 unspecified atom stereocenters. The maximum atomic E-state index is 14.6. The summed E-state index contributed by atoms with van der Waals surface area (Å²) in [4.78, 5) is 48.2. The second kappa shape index (κ2) is 14.5. The van der Waals surface area contributed by atoms with Crippen molar-refractivity contribution in [2.75, 3.05) is 33.4 Å². The van der Waals surface area contributed by atoms with Gasteiger partial charge in [0.05, 0.1) is 24.2 Å². The molecular formula is C34H36FN5O7. The fourth-order valence-electron chi connectivity index (χ4n) is 5.73. The largest absolute Gasteiger partial charge is 0.493 e. The summed E-state index contributed by atoms with van der Waals surface area (Å²) in [5, 5.41) is 5.78. The van der Waals surface area contributed by atoms with E-state index in [4.69, 9.17) is 18.9 Å². The molecule has 47 heavy (non-hydrogen) atoms. The number of benzene rings is 3. The van der Waals surface area contributed by atoms with Gasteiger partial charge in [0.15, 0.2) is 18.1 Å². The zero-order chi connectivity index (χ0) is 32.8. The van der Waals surface area contributed by atoms with Crippen molar-refractivity contribution in [1.29, 1.82) is 0 Å². The van der Waals surface area contributed by atoms with Crippen molar-refractivity contribution >= 4 is 28.8 Å². The van der Waals surface area contributed by atoms with E-state index in [1.54, 1.807) is 23.1 Å². The Bertz CT molecular complexity index is 1730. The predicted octanol–water partition coefficient (Wildman–Crippen LogP) is 3.03. The van der Waals surface area contributed by atoms with Crippen LogP contribution in [0.2, 0.25) is 0 Å². The van der Waals surface area contributed by atoms with Gasteiger partial charge in [-0.15, -0.1) is 0 Å². The number of piperidine rings is 1. The van der Waals surface area contributed by atoms with Gasteiger partial charge in [0.25, 0.3) is 5.91 Å². The lowest BCUT2D eigenvalue weighted by atomic mass is 10.0. The van der Waals surface area contributed by atoms with E-state index < -0.39 is 23.9 Å². The molecule has 13 heteroatoms. The van der Waals surface area contributed by atoms with Gasteiger partial charge in [-0.3, -0.25) is 14.4 Å². The van der Waals surface area contributed by atoms with Gasteiger partial charge < -0.3 is 39.5 Å².